The van der Waals surface area contributed by atoms with Gasteiger partial charge in [0.1, 0.15) is 11.7 Å². The van der Waals surface area contributed by atoms with Gasteiger partial charge >= 0.3 is 6.09 Å². The average Bonchev–Trinajstić information content (AvgIpc) is 3.25. The monoisotopic (exact) mass is 498 g/mol. The maximum atomic E-state index is 12.3. The van der Waals surface area contributed by atoms with Gasteiger partial charge in [0.2, 0.25) is 5.95 Å². The van der Waals surface area contributed by atoms with Crippen LogP contribution in [0.1, 0.15) is 37.6 Å². The number of carbonyl (C=O) groups excluding carboxylic acids is 1. The largest absolute Gasteiger partial charge is 0.444 e. The molecule has 4 heterocycles. The number of pyridine rings is 1. The number of aryl methyl sites for hydroxylation is 2. The predicted molar refractivity (Wildman–Crippen MR) is 142 cm³/mol. The number of hydrogen-bond donors (Lipinski definition) is 1. The van der Waals surface area contributed by atoms with Gasteiger partial charge in [-0.05, 0) is 64.4 Å². The number of rotatable bonds is 3. The number of benzene rings is 1. The Balaban J connectivity index is 1.30. The van der Waals surface area contributed by atoms with Crippen LogP contribution in [-0.2, 0) is 4.74 Å². The van der Waals surface area contributed by atoms with Crippen molar-refractivity contribution in [2.75, 3.05) is 36.4 Å². The van der Waals surface area contributed by atoms with Gasteiger partial charge < -0.3 is 19.9 Å². The number of imidazole rings is 1. The van der Waals surface area contributed by atoms with E-state index in [4.69, 9.17) is 9.72 Å². The van der Waals surface area contributed by atoms with Crippen LogP contribution in [0.4, 0.5) is 22.1 Å². The Kier molecular flexibility index (Phi) is 6.07. The number of anilines is 3. The predicted octanol–water partition coefficient (Wildman–Crippen LogP) is 4.57. The second-order valence-electron chi connectivity index (χ2n) is 10.2. The van der Waals surface area contributed by atoms with Gasteiger partial charge in [0.25, 0.3) is 0 Å². The fourth-order valence-corrected chi connectivity index (χ4v) is 4.51. The van der Waals surface area contributed by atoms with Crippen LogP contribution in [0, 0.1) is 25.2 Å². The number of nitrogens with zero attached hydrogens (tertiary/aromatic N) is 7. The molecule has 0 radical (unpaired) electrons. The molecule has 1 N–H and O–H groups in total. The first-order valence-electron chi connectivity index (χ1n) is 12.3. The van der Waals surface area contributed by atoms with E-state index in [1.165, 1.54) is 0 Å². The number of nitriles is 1. The maximum absolute atomic E-state index is 12.3. The Morgan fingerprint density at radius 3 is 2.41 bits per heavy atom. The Hall–Kier alpha value is -4.39. The molecule has 1 aliphatic rings. The third-order valence-electron chi connectivity index (χ3n) is 6.36. The third kappa shape index (κ3) is 4.85. The number of hydrogen-bond acceptors (Lipinski definition) is 8. The Morgan fingerprint density at radius 2 is 1.76 bits per heavy atom. The van der Waals surface area contributed by atoms with Gasteiger partial charge in [-0.1, -0.05) is 0 Å². The van der Waals surface area contributed by atoms with Crippen molar-refractivity contribution in [3.05, 3.63) is 53.5 Å². The Bertz CT molecular complexity index is 1520. The molecule has 1 amide bonds. The van der Waals surface area contributed by atoms with Crippen molar-refractivity contribution in [2.45, 2.75) is 40.2 Å². The molecule has 1 aliphatic heterocycles. The second-order valence-corrected chi connectivity index (χ2v) is 10.2. The summed E-state index contributed by atoms with van der Waals surface area (Å²) in [6.45, 7) is 12.2. The van der Waals surface area contributed by atoms with Crippen molar-refractivity contribution in [3.8, 4) is 6.07 Å². The summed E-state index contributed by atoms with van der Waals surface area (Å²) in [5.41, 5.74) is 4.93. The van der Waals surface area contributed by atoms with Gasteiger partial charge in [0.05, 0.1) is 11.3 Å². The highest BCUT2D eigenvalue weighted by Gasteiger charge is 2.26. The Morgan fingerprint density at radius 1 is 1.05 bits per heavy atom. The van der Waals surface area contributed by atoms with Crippen LogP contribution in [-0.4, -0.2) is 62.1 Å². The van der Waals surface area contributed by atoms with E-state index in [0.717, 1.165) is 41.1 Å². The molecule has 3 aromatic heterocycles. The lowest BCUT2D eigenvalue weighted by atomic mass is 10.1. The van der Waals surface area contributed by atoms with Gasteiger partial charge in [0.15, 0.2) is 11.3 Å². The van der Waals surface area contributed by atoms with E-state index in [0.29, 0.717) is 35.9 Å². The van der Waals surface area contributed by atoms with E-state index in [1.54, 1.807) is 11.1 Å². The number of aromatic nitrogens is 4. The van der Waals surface area contributed by atoms with E-state index >= 15 is 0 Å². The number of carbonyl (C=O) groups is 1. The zero-order valence-corrected chi connectivity index (χ0v) is 21.7. The quantitative estimate of drug-likeness (QED) is 0.437. The van der Waals surface area contributed by atoms with Crippen molar-refractivity contribution in [1.82, 2.24) is 24.3 Å². The van der Waals surface area contributed by atoms with E-state index in [2.05, 4.69) is 26.3 Å². The molecule has 0 aliphatic carbocycles. The molecule has 1 saturated heterocycles. The normalized spacial score (nSPS) is 14.2. The van der Waals surface area contributed by atoms with Crippen LogP contribution in [0.25, 0.3) is 16.7 Å². The lowest BCUT2D eigenvalue weighted by molar-refractivity contribution is 0.0240. The summed E-state index contributed by atoms with van der Waals surface area (Å²) >= 11 is 0. The summed E-state index contributed by atoms with van der Waals surface area (Å²) in [6.07, 6.45) is 3.37. The summed E-state index contributed by atoms with van der Waals surface area (Å²) in [5, 5.41) is 13.7. The topological polar surface area (TPSA) is 112 Å². The highest BCUT2D eigenvalue weighted by atomic mass is 16.6. The first-order valence-corrected chi connectivity index (χ1v) is 12.3. The first kappa shape index (κ1) is 24.3. The first-order chi connectivity index (χ1) is 17.6. The average molecular weight is 499 g/mol. The number of piperazine rings is 1. The van der Waals surface area contributed by atoms with E-state index in [-0.39, 0.29) is 6.09 Å². The number of amides is 1. The molecule has 0 unspecified atom stereocenters. The minimum atomic E-state index is -0.492. The van der Waals surface area contributed by atoms with Crippen molar-refractivity contribution in [1.29, 1.82) is 5.26 Å². The maximum Gasteiger partial charge on any atom is 0.410 e. The van der Waals surface area contributed by atoms with Gasteiger partial charge in [0, 0.05) is 55.3 Å². The standard InChI is InChI=1S/C27H30N8O2/c1-17-16-35-23(30-17)21(14-28)18(2)22-15-29-25(32-24(22)35)31-19-6-8-20(9-7-19)33-10-12-34(13-11-33)26(36)37-27(3,4)5/h6-9,15-16H,10-13H2,1-5H3,(H,29,31,32). The zero-order chi connectivity index (χ0) is 26.3. The van der Waals surface area contributed by atoms with Crippen LogP contribution in [0.15, 0.2) is 36.7 Å². The summed E-state index contributed by atoms with van der Waals surface area (Å²) in [5.74, 6) is 0.461. The summed E-state index contributed by atoms with van der Waals surface area (Å²) in [7, 11) is 0. The molecule has 0 spiro atoms. The summed E-state index contributed by atoms with van der Waals surface area (Å²) in [4.78, 5) is 30.1. The lowest BCUT2D eigenvalue weighted by Gasteiger charge is -2.36. The Labute approximate surface area is 215 Å². The molecular weight excluding hydrogens is 468 g/mol. The second kappa shape index (κ2) is 9.24. The minimum absolute atomic E-state index is 0.260. The van der Waals surface area contributed by atoms with Gasteiger partial charge in [-0.2, -0.15) is 10.2 Å². The van der Waals surface area contributed by atoms with Gasteiger partial charge in [-0.25, -0.2) is 14.8 Å². The van der Waals surface area contributed by atoms with Crippen molar-refractivity contribution < 1.29 is 9.53 Å². The molecule has 10 heteroatoms. The molecule has 4 aromatic rings. The van der Waals surface area contributed by atoms with Gasteiger partial charge in [-0.3, -0.25) is 4.40 Å². The zero-order valence-electron chi connectivity index (χ0n) is 21.7. The fourth-order valence-electron chi connectivity index (χ4n) is 4.51. The highest BCUT2D eigenvalue weighted by Crippen LogP contribution is 2.27. The fraction of sp³-hybridized carbons (Fsp3) is 0.370. The van der Waals surface area contributed by atoms with Crippen LogP contribution >= 0.6 is 0 Å². The smallest absolute Gasteiger partial charge is 0.410 e. The number of nitrogens with one attached hydrogen (secondary N) is 1. The van der Waals surface area contributed by atoms with Gasteiger partial charge in [-0.15, -0.1) is 0 Å². The van der Waals surface area contributed by atoms with Crippen LogP contribution in [0.5, 0.6) is 0 Å². The van der Waals surface area contributed by atoms with Crippen LogP contribution in [0.3, 0.4) is 0 Å². The molecule has 0 bridgehead atoms. The van der Waals surface area contributed by atoms with Crippen LogP contribution < -0.4 is 10.2 Å². The van der Waals surface area contributed by atoms with E-state index in [9.17, 15) is 10.1 Å². The summed E-state index contributed by atoms with van der Waals surface area (Å²) in [6, 6.07) is 10.3. The molecule has 1 aromatic carbocycles. The molecule has 190 valence electrons. The molecule has 10 nitrogen and oxygen atoms in total. The summed E-state index contributed by atoms with van der Waals surface area (Å²) < 4.78 is 7.34. The number of ether oxygens (including phenoxy) is 1. The van der Waals surface area contributed by atoms with Crippen LogP contribution in [0.2, 0.25) is 0 Å². The molecule has 0 atom stereocenters. The SMILES string of the molecule is Cc1cn2c(n1)c(C#N)c(C)c1cnc(Nc3ccc(N4CCN(C(=O)OC(C)(C)C)CC4)cc3)nc12. The molecule has 0 saturated carbocycles. The number of fused-ring (bicyclic) bond motifs is 3. The van der Waals surface area contributed by atoms with E-state index < -0.39 is 5.60 Å². The molecule has 37 heavy (non-hydrogen) atoms. The molecule has 1 fully saturated rings. The van der Waals surface area contributed by atoms with Crippen molar-refractivity contribution in [3.63, 3.8) is 0 Å². The highest BCUT2D eigenvalue weighted by molar-refractivity contribution is 5.86. The minimum Gasteiger partial charge on any atom is -0.444 e. The van der Waals surface area contributed by atoms with E-state index in [1.807, 2.05) is 69.5 Å². The lowest BCUT2D eigenvalue weighted by Crippen LogP contribution is -2.50. The molecular formula is C27H30N8O2. The van der Waals surface area contributed by atoms with Crippen molar-refractivity contribution in [2.24, 2.45) is 0 Å². The third-order valence-corrected chi connectivity index (χ3v) is 6.36. The molecule has 5 rings (SSSR count). The van der Waals surface area contributed by atoms with Crippen molar-refractivity contribution >= 4 is 40.1 Å².